The molecule has 5 rings (SSSR count). The van der Waals surface area contributed by atoms with Gasteiger partial charge < -0.3 is 0 Å². The Morgan fingerprint density at radius 3 is 2.44 bits per heavy atom. The minimum Gasteiger partial charge on any atom is -0.264 e. The van der Waals surface area contributed by atoms with Gasteiger partial charge in [0.15, 0.2) is 0 Å². The second-order valence-electron chi connectivity index (χ2n) is 8.39. The summed E-state index contributed by atoms with van der Waals surface area (Å²) < 4.78 is 42.7. The third-order valence-corrected chi connectivity index (χ3v) is 8.50. The van der Waals surface area contributed by atoms with Crippen LogP contribution in [0.2, 0.25) is 0 Å². The predicted octanol–water partition coefficient (Wildman–Crippen LogP) is 3.32. The van der Waals surface area contributed by atoms with E-state index in [9.17, 15) is 12.6 Å². The molecule has 6 nitrogen and oxygen atoms in total. The quantitative estimate of drug-likeness (QED) is 0.578. The van der Waals surface area contributed by atoms with Crippen molar-refractivity contribution in [3.05, 3.63) is 94.1 Å². The zero-order valence-corrected chi connectivity index (χ0v) is 19.2. The van der Waals surface area contributed by atoms with Gasteiger partial charge in [-0.15, -0.1) is 0 Å². The van der Waals surface area contributed by atoms with E-state index in [1.807, 2.05) is 65.3 Å². The number of fused-ring (bicyclic) bond motifs is 1. The van der Waals surface area contributed by atoms with Gasteiger partial charge in [0.1, 0.15) is 0 Å². The monoisotopic (exact) mass is 467 g/mol. The molecule has 8 heteroatoms. The minimum absolute atomic E-state index is 0.408. The lowest BCUT2D eigenvalue weighted by Gasteiger charge is -2.16. The van der Waals surface area contributed by atoms with E-state index in [0.29, 0.717) is 30.2 Å². The van der Waals surface area contributed by atoms with Crippen molar-refractivity contribution in [2.75, 3.05) is 5.75 Å². The molecule has 1 fully saturated rings. The smallest absolute Gasteiger partial charge is 0.234 e. The van der Waals surface area contributed by atoms with Crippen molar-refractivity contribution < 1.29 is 12.6 Å². The van der Waals surface area contributed by atoms with Crippen LogP contribution in [0.3, 0.4) is 0 Å². The first-order chi connectivity index (χ1) is 15.4. The number of nitrogens with one attached hydrogen (secondary N) is 1. The fourth-order valence-corrected chi connectivity index (χ4v) is 6.69. The molecule has 3 aromatic rings. The molecule has 0 saturated heterocycles. The van der Waals surface area contributed by atoms with Crippen LogP contribution < -0.4 is 4.72 Å². The van der Waals surface area contributed by atoms with E-state index in [4.69, 9.17) is 5.10 Å². The summed E-state index contributed by atoms with van der Waals surface area (Å²) in [5.74, 6) is 1.02. The maximum Gasteiger partial charge on any atom is 0.234 e. The van der Waals surface area contributed by atoms with Gasteiger partial charge in [-0.25, -0.2) is 13.1 Å². The molecular formula is C24H25N3O3S2. The highest BCUT2D eigenvalue weighted by atomic mass is 32.2. The molecule has 0 amide bonds. The van der Waals surface area contributed by atoms with E-state index >= 15 is 0 Å². The number of benzene rings is 2. The number of hydrogen-bond donors (Lipinski definition) is 1. The van der Waals surface area contributed by atoms with Crippen LogP contribution in [0, 0.1) is 0 Å². The Kier molecular flexibility index (Phi) is 5.61. The van der Waals surface area contributed by atoms with Crippen LogP contribution >= 0.6 is 0 Å². The van der Waals surface area contributed by atoms with Crippen LogP contribution in [-0.4, -0.2) is 28.2 Å². The molecule has 32 heavy (non-hydrogen) atoms. The first-order valence-corrected chi connectivity index (χ1v) is 13.7. The van der Waals surface area contributed by atoms with Gasteiger partial charge in [0, 0.05) is 39.6 Å². The lowest BCUT2D eigenvalue weighted by molar-refractivity contribution is 0.560. The number of aromatic nitrogens is 2. The van der Waals surface area contributed by atoms with Crippen molar-refractivity contribution in [1.82, 2.24) is 14.5 Å². The van der Waals surface area contributed by atoms with Crippen molar-refractivity contribution >= 4 is 26.9 Å². The summed E-state index contributed by atoms with van der Waals surface area (Å²) in [7, 11) is -4.62. The van der Waals surface area contributed by atoms with Gasteiger partial charge in [0.2, 0.25) is 10.0 Å². The number of rotatable bonds is 7. The highest BCUT2D eigenvalue weighted by molar-refractivity contribution is 7.92. The molecule has 0 radical (unpaired) electrons. The molecule has 2 heterocycles. The summed E-state index contributed by atoms with van der Waals surface area (Å²) >= 11 is 0. The van der Waals surface area contributed by atoms with Crippen molar-refractivity contribution in [2.24, 2.45) is 0 Å². The van der Waals surface area contributed by atoms with Crippen LogP contribution in [0.4, 0.5) is 0 Å². The van der Waals surface area contributed by atoms with Gasteiger partial charge in [-0.2, -0.15) is 5.10 Å². The Balaban J connectivity index is 1.41. The lowest BCUT2D eigenvalue weighted by atomic mass is 10.1. The van der Waals surface area contributed by atoms with Crippen molar-refractivity contribution in [1.29, 1.82) is 0 Å². The molecule has 1 atom stereocenters. The summed E-state index contributed by atoms with van der Waals surface area (Å²) in [5.41, 5.74) is 4.10. The van der Waals surface area contributed by atoms with Crippen molar-refractivity contribution in [3.8, 4) is 0 Å². The van der Waals surface area contributed by atoms with E-state index in [-0.39, 0.29) is 0 Å². The highest BCUT2D eigenvalue weighted by Crippen LogP contribution is 2.46. The highest BCUT2D eigenvalue weighted by Gasteiger charge is 2.46. The SMILES string of the molecule is O=S1CCc2c(c(/C=C/S(=O)(=O)NC3(c4ccccc4)CC3)nn2Cc2ccccc2)C1. The Bertz CT molecular complexity index is 1280. The van der Waals surface area contributed by atoms with Crippen LogP contribution in [0.5, 0.6) is 0 Å². The van der Waals surface area contributed by atoms with E-state index in [1.165, 1.54) is 5.41 Å². The predicted molar refractivity (Wildman–Crippen MR) is 127 cm³/mol. The molecule has 1 aromatic heterocycles. The summed E-state index contributed by atoms with van der Waals surface area (Å²) in [5, 5.41) is 5.90. The van der Waals surface area contributed by atoms with Crippen molar-refractivity contribution in [2.45, 2.75) is 37.1 Å². The topological polar surface area (TPSA) is 81.1 Å². The lowest BCUT2D eigenvalue weighted by Crippen LogP contribution is -2.33. The first-order valence-electron chi connectivity index (χ1n) is 10.7. The summed E-state index contributed by atoms with van der Waals surface area (Å²) in [6, 6.07) is 19.7. The Morgan fingerprint density at radius 1 is 1.06 bits per heavy atom. The Hall–Kier alpha value is -2.55. The fraction of sp³-hybridized carbons (Fsp3) is 0.292. The molecule has 1 saturated carbocycles. The Morgan fingerprint density at radius 2 is 1.75 bits per heavy atom. The van der Waals surface area contributed by atoms with Gasteiger partial charge in [-0.1, -0.05) is 60.7 Å². The molecule has 0 spiro atoms. The number of nitrogens with zero attached hydrogens (tertiary/aromatic N) is 2. The average Bonchev–Trinajstić information content (AvgIpc) is 3.49. The zero-order chi connectivity index (χ0) is 22.2. The molecule has 1 aliphatic heterocycles. The number of hydrogen-bond acceptors (Lipinski definition) is 4. The minimum atomic E-state index is -3.67. The van der Waals surface area contributed by atoms with Gasteiger partial charge in [-0.05, 0) is 30.0 Å². The summed E-state index contributed by atoms with van der Waals surface area (Å²) in [4.78, 5) is 0. The van der Waals surface area contributed by atoms with E-state index in [1.54, 1.807) is 6.08 Å². The number of sulfonamides is 1. The second-order valence-corrected chi connectivity index (χ2v) is 11.5. The van der Waals surface area contributed by atoms with Gasteiger partial charge in [0.05, 0.1) is 23.5 Å². The molecule has 2 aliphatic rings. The van der Waals surface area contributed by atoms with E-state index in [0.717, 1.165) is 35.2 Å². The van der Waals surface area contributed by atoms with Crippen LogP contribution in [0.1, 0.15) is 40.9 Å². The largest absolute Gasteiger partial charge is 0.264 e. The molecule has 1 unspecified atom stereocenters. The van der Waals surface area contributed by atoms with Crippen LogP contribution in [-0.2, 0) is 45.1 Å². The standard InChI is InChI=1S/C24H25N3O3S2/c28-31-15-11-23-21(18-31)22(25-27(23)17-19-7-3-1-4-8-19)12-16-32(29,30)26-24(13-14-24)20-9-5-2-6-10-20/h1-10,12,16,26H,11,13-15,17-18H2/b16-12+. The van der Waals surface area contributed by atoms with E-state index < -0.39 is 26.4 Å². The molecule has 0 bridgehead atoms. The van der Waals surface area contributed by atoms with Crippen LogP contribution in [0.25, 0.3) is 6.08 Å². The van der Waals surface area contributed by atoms with Crippen LogP contribution in [0.15, 0.2) is 66.1 Å². The van der Waals surface area contributed by atoms with E-state index in [2.05, 4.69) is 4.72 Å². The molecule has 1 aliphatic carbocycles. The normalized spacial score (nSPS) is 19.7. The van der Waals surface area contributed by atoms with Gasteiger partial charge in [0.25, 0.3) is 0 Å². The van der Waals surface area contributed by atoms with Crippen molar-refractivity contribution in [3.63, 3.8) is 0 Å². The second kappa shape index (κ2) is 8.42. The average molecular weight is 468 g/mol. The Labute approximate surface area is 190 Å². The molecule has 166 valence electrons. The fourth-order valence-electron chi connectivity index (χ4n) is 4.25. The maximum atomic E-state index is 12.9. The molecular weight excluding hydrogens is 442 g/mol. The summed E-state index contributed by atoms with van der Waals surface area (Å²) in [6.45, 7) is 0.603. The van der Waals surface area contributed by atoms with Gasteiger partial charge >= 0.3 is 0 Å². The third kappa shape index (κ3) is 4.48. The summed E-state index contributed by atoms with van der Waals surface area (Å²) in [6.07, 6.45) is 3.79. The first kappa shape index (κ1) is 21.3. The molecule has 2 aromatic carbocycles. The zero-order valence-electron chi connectivity index (χ0n) is 17.6. The molecule has 1 N–H and O–H groups in total. The third-order valence-electron chi connectivity index (χ3n) is 6.06. The maximum absolute atomic E-state index is 12.9. The van der Waals surface area contributed by atoms with Gasteiger partial charge in [-0.3, -0.25) is 8.89 Å².